The summed E-state index contributed by atoms with van der Waals surface area (Å²) in [4.78, 5) is 4.91. The average Bonchev–Trinajstić information content (AvgIpc) is 2.75. The van der Waals surface area contributed by atoms with Gasteiger partial charge in [-0.25, -0.2) is 4.98 Å². The molecule has 2 nitrogen and oxygen atoms in total. The third-order valence-electron chi connectivity index (χ3n) is 4.39. The third kappa shape index (κ3) is 3.35. The zero-order chi connectivity index (χ0) is 17.8. The van der Waals surface area contributed by atoms with E-state index in [9.17, 15) is 0 Å². The lowest BCUT2D eigenvalue weighted by Crippen LogP contribution is -1.91. The fourth-order valence-corrected chi connectivity index (χ4v) is 2.99. The van der Waals surface area contributed by atoms with Crippen molar-refractivity contribution in [3.8, 4) is 39.4 Å². The molecule has 26 heavy (non-hydrogen) atoms. The minimum atomic E-state index is 0.856. The molecule has 0 fully saturated rings. The molecule has 0 bridgehead atoms. The van der Waals surface area contributed by atoms with Crippen LogP contribution in [0.3, 0.4) is 0 Å². The van der Waals surface area contributed by atoms with Crippen molar-refractivity contribution in [1.82, 2.24) is 4.98 Å². The summed E-state index contributed by atoms with van der Waals surface area (Å²) in [6.07, 6.45) is 0. The summed E-state index contributed by atoms with van der Waals surface area (Å²) >= 11 is 0. The first-order chi connectivity index (χ1) is 12.8. The number of pyridine rings is 1. The van der Waals surface area contributed by atoms with Crippen molar-refractivity contribution in [2.75, 3.05) is 7.11 Å². The molecule has 1 aromatic heterocycles. The zero-order valence-corrected chi connectivity index (χ0v) is 14.6. The lowest BCUT2D eigenvalue weighted by atomic mass is 10.00. The Hall–Kier alpha value is -3.39. The van der Waals surface area contributed by atoms with E-state index in [0.717, 1.165) is 39.4 Å². The normalized spacial score (nSPS) is 10.5. The lowest BCUT2D eigenvalue weighted by molar-refractivity contribution is 0.415. The summed E-state index contributed by atoms with van der Waals surface area (Å²) in [5.41, 5.74) is 6.44. The fraction of sp³-hybridized carbons (Fsp3) is 0.0417. The van der Waals surface area contributed by atoms with Crippen LogP contribution in [0.25, 0.3) is 33.6 Å². The maximum atomic E-state index is 5.28. The van der Waals surface area contributed by atoms with Crippen molar-refractivity contribution >= 4 is 0 Å². The molecule has 0 aliphatic heterocycles. The number of aromatic nitrogens is 1. The predicted molar refractivity (Wildman–Crippen MR) is 107 cm³/mol. The van der Waals surface area contributed by atoms with E-state index in [1.165, 1.54) is 0 Å². The molecule has 3 aromatic carbocycles. The highest BCUT2D eigenvalue weighted by molar-refractivity contribution is 5.76. The second kappa shape index (κ2) is 7.24. The minimum Gasteiger partial charge on any atom is -0.497 e. The van der Waals surface area contributed by atoms with E-state index in [2.05, 4.69) is 48.5 Å². The van der Waals surface area contributed by atoms with E-state index >= 15 is 0 Å². The van der Waals surface area contributed by atoms with Crippen LogP contribution in [0.5, 0.6) is 5.75 Å². The largest absolute Gasteiger partial charge is 0.497 e. The number of ether oxygens (including phenoxy) is 1. The molecule has 0 saturated carbocycles. The highest BCUT2D eigenvalue weighted by Crippen LogP contribution is 2.30. The third-order valence-corrected chi connectivity index (χ3v) is 4.39. The molecular formula is C24H19NO. The SMILES string of the molecule is COc1ccc(-c2cc(-c3ccccc3)nc(-c3ccccc3)c2)cc1. The van der Waals surface area contributed by atoms with Gasteiger partial charge >= 0.3 is 0 Å². The first-order valence-electron chi connectivity index (χ1n) is 8.61. The van der Waals surface area contributed by atoms with Gasteiger partial charge in [0.25, 0.3) is 0 Å². The van der Waals surface area contributed by atoms with Crippen LogP contribution in [0.1, 0.15) is 0 Å². The predicted octanol–water partition coefficient (Wildman–Crippen LogP) is 6.09. The molecule has 4 aromatic rings. The molecule has 0 aliphatic rings. The Bertz CT molecular complexity index is 936. The van der Waals surface area contributed by atoms with Crippen LogP contribution < -0.4 is 4.74 Å². The Morgan fingerprint density at radius 3 is 1.50 bits per heavy atom. The van der Waals surface area contributed by atoms with E-state index in [0.29, 0.717) is 0 Å². The van der Waals surface area contributed by atoms with Gasteiger partial charge in [-0.1, -0.05) is 72.8 Å². The quantitative estimate of drug-likeness (QED) is 0.449. The Labute approximate surface area is 153 Å². The second-order valence-corrected chi connectivity index (χ2v) is 6.09. The summed E-state index contributed by atoms with van der Waals surface area (Å²) in [6, 6.07) is 33.0. The summed E-state index contributed by atoms with van der Waals surface area (Å²) in [5.74, 6) is 0.856. The van der Waals surface area contributed by atoms with E-state index < -0.39 is 0 Å². The van der Waals surface area contributed by atoms with Gasteiger partial charge < -0.3 is 4.74 Å². The van der Waals surface area contributed by atoms with Crippen LogP contribution in [-0.4, -0.2) is 12.1 Å². The van der Waals surface area contributed by atoms with Crippen LogP contribution in [0.4, 0.5) is 0 Å². The number of methoxy groups -OCH3 is 1. The number of benzene rings is 3. The maximum Gasteiger partial charge on any atom is 0.118 e. The minimum absolute atomic E-state index is 0.856. The topological polar surface area (TPSA) is 22.1 Å². The van der Waals surface area contributed by atoms with Gasteiger partial charge in [-0.05, 0) is 35.4 Å². The molecule has 0 saturated heterocycles. The van der Waals surface area contributed by atoms with Crippen LogP contribution >= 0.6 is 0 Å². The van der Waals surface area contributed by atoms with Gasteiger partial charge in [0.1, 0.15) is 5.75 Å². The summed E-state index contributed by atoms with van der Waals surface area (Å²) in [7, 11) is 1.68. The number of rotatable bonds is 4. The highest BCUT2D eigenvalue weighted by atomic mass is 16.5. The van der Waals surface area contributed by atoms with Crippen molar-refractivity contribution in [3.63, 3.8) is 0 Å². The van der Waals surface area contributed by atoms with Crippen LogP contribution in [-0.2, 0) is 0 Å². The van der Waals surface area contributed by atoms with E-state index in [1.807, 2.05) is 48.5 Å². The summed E-state index contributed by atoms with van der Waals surface area (Å²) < 4.78 is 5.28. The van der Waals surface area contributed by atoms with Crippen molar-refractivity contribution < 1.29 is 4.74 Å². The summed E-state index contributed by atoms with van der Waals surface area (Å²) in [5, 5.41) is 0. The van der Waals surface area contributed by atoms with Gasteiger partial charge in [-0.3, -0.25) is 0 Å². The van der Waals surface area contributed by atoms with Crippen LogP contribution in [0.2, 0.25) is 0 Å². The monoisotopic (exact) mass is 337 g/mol. The van der Waals surface area contributed by atoms with Crippen LogP contribution in [0, 0.1) is 0 Å². The van der Waals surface area contributed by atoms with E-state index in [1.54, 1.807) is 7.11 Å². The summed E-state index contributed by atoms with van der Waals surface area (Å²) in [6.45, 7) is 0. The van der Waals surface area contributed by atoms with Crippen molar-refractivity contribution in [3.05, 3.63) is 97.1 Å². The Morgan fingerprint density at radius 1 is 0.538 bits per heavy atom. The Morgan fingerprint density at radius 2 is 1.04 bits per heavy atom. The molecular weight excluding hydrogens is 318 g/mol. The van der Waals surface area contributed by atoms with Gasteiger partial charge in [0.05, 0.1) is 18.5 Å². The molecule has 0 amide bonds. The molecule has 126 valence electrons. The molecule has 0 radical (unpaired) electrons. The van der Waals surface area contributed by atoms with Gasteiger partial charge in [0, 0.05) is 11.1 Å². The van der Waals surface area contributed by atoms with Gasteiger partial charge in [-0.15, -0.1) is 0 Å². The van der Waals surface area contributed by atoms with Gasteiger partial charge in [-0.2, -0.15) is 0 Å². The first kappa shape index (κ1) is 16.1. The molecule has 2 heteroatoms. The van der Waals surface area contributed by atoms with Gasteiger partial charge in [0.15, 0.2) is 0 Å². The standard InChI is InChI=1S/C24H19NO/c1-26-22-14-12-18(13-15-22)21-16-23(19-8-4-2-5-9-19)25-24(17-21)20-10-6-3-7-11-20/h2-17H,1H3. The fourth-order valence-electron chi connectivity index (χ4n) is 2.99. The second-order valence-electron chi connectivity index (χ2n) is 6.09. The molecule has 0 aliphatic carbocycles. The molecule has 0 spiro atoms. The van der Waals surface area contributed by atoms with Crippen molar-refractivity contribution in [1.29, 1.82) is 0 Å². The molecule has 0 N–H and O–H groups in total. The molecule has 0 unspecified atom stereocenters. The number of hydrogen-bond acceptors (Lipinski definition) is 2. The number of hydrogen-bond donors (Lipinski definition) is 0. The average molecular weight is 337 g/mol. The number of nitrogens with zero attached hydrogens (tertiary/aromatic N) is 1. The van der Waals surface area contributed by atoms with E-state index in [4.69, 9.17) is 9.72 Å². The lowest BCUT2D eigenvalue weighted by Gasteiger charge is -2.10. The molecule has 1 heterocycles. The Balaban J connectivity index is 1.87. The smallest absolute Gasteiger partial charge is 0.118 e. The molecule has 0 atom stereocenters. The zero-order valence-electron chi connectivity index (χ0n) is 14.6. The highest BCUT2D eigenvalue weighted by Gasteiger charge is 2.08. The maximum absolute atomic E-state index is 5.28. The first-order valence-corrected chi connectivity index (χ1v) is 8.61. The molecule has 4 rings (SSSR count). The van der Waals surface area contributed by atoms with E-state index in [-0.39, 0.29) is 0 Å². The van der Waals surface area contributed by atoms with Crippen molar-refractivity contribution in [2.45, 2.75) is 0 Å². The van der Waals surface area contributed by atoms with Crippen molar-refractivity contribution in [2.24, 2.45) is 0 Å². The van der Waals surface area contributed by atoms with Crippen LogP contribution in [0.15, 0.2) is 97.1 Å². The Kier molecular flexibility index (Phi) is 4.48. The van der Waals surface area contributed by atoms with Gasteiger partial charge in [0.2, 0.25) is 0 Å².